The Morgan fingerprint density at radius 1 is 1.19 bits per heavy atom. The van der Waals surface area contributed by atoms with Gasteiger partial charge >= 0.3 is 0 Å². The maximum absolute atomic E-state index is 11.9. The highest BCUT2D eigenvalue weighted by Gasteiger charge is 2.23. The number of hydrogen-bond acceptors (Lipinski definition) is 4. The first-order valence-electron chi connectivity index (χ1n) is 8.66. The first kappa shape index (κ1) is 16.8. The molecule has 1 aliphatic carbocycles. The van der Waals surface area contributed by atoms with Crippen LogP contribution in [0.1, 0.15) is 24.1 Å². The van der Waals surface area contributed by atoms with Gasteiger partial charge in [0.2, 0.25) is 5.91 Å². The first-order valence-corrected chi connectivity index (χ1v) is 9.65. The average Bonchev–Trinajstić information content (AvgIpc) is 3.43. The second-order valence-corrected chi connectivity index (χ2v) is 7.45. The lowest BCUT2D eigenvalue weighted by molar-refractivity contribution is -0.120. The molecular formula is C20H19N3O2S. The van der Waals surface area contributed by atoms with E-state index in [-0.39, 0.29) is 17.9 Å². The summed E-state index contributed by atoms with van der Waals surface area (Å²) >= 11 is 1.47. The monoisotopic (exact) mass is 365 g/mol. The van der Waals surface area contributed by atoms with Crippen LogP contribution in [0, 0.1) is 0 Å². The van der Waals surface area contributed by atoms with Crippen molar-refractivity contribution in [3.63, 3.8) is 0 Å². The average molecular weight is 365 g/mol. The lowest BCUT2D eigenvalue weighted by Gasteiger charge is -2.07. The molecule has 0 bridgehead atoms. The van der Waals surface area contributed by atoms with E-state index in [1.165, 1.54) is 34.2 Å². The Labute approximate surface area is 155 Å². The maximum Gasteiger partial charge on any atom is 0.251 e. The zero-order valence-electron chi connectivity index (χ0n) is 14.2. The van der Waals surface area contributed by atoms with Crippen LogP contribution in [0.4, 0.5) is 0 Å². The number of carbonyl (C=O) groups is 1. The Morgan fingerprint density at radius 3 is 2.85 bits per heavy atom. The van der Waals surface area contributed by atoms with Gasteiger partial charge in [-0.25, -0.2) is 4.98 Å². The molecule has 6 heteroatoms. The number of rotatable bonds is 6. The van der Waals surface area contributed by atoms with E-state index in [1.807, 2.05) is 18.2 Å². The number of fused-ring (bicyclic) bond motifs is 1. The van der Waals surface area contributed by atoms with Crippen molar-refractivity contribution in [1.29, 1.82) is 0 Å². The Hall–Kier alpha value is -2.60. The number of nitrogens with zero attached hydrogens (tertiary/aromatic N) is 1. The van der Waals surface area contributed by atoms with Crippen molar-refractivity contribution in [1.82, 2.24) is 15.3 Å². The number of amides is 1. The summed E-state index contributed by atoms with van der Waals surface area (Å²) in [5.74, 6) is 0.623. The zero-order valence-corrected chi connectivity index (χ0v) is 15.0. The third-order valence-electron chi connectivity index (χ3n) is 4.30. The normalized spacial score (nSPS) is 13.7. The molecule has 2 N–H and O–H groups in total. The Morgan fingerprint density at radius 2 is 2.00 bits per heavy atom. The molecule has 1 fully saturated rings. The van der Waals surface area contributed by atoms with Gasteiger partial charge in [-0.1, -0.05) is 54.2 Å². The zero-order chi connectivity index (χ0) is 17.9. The van der Waals surface area contributed by atoms with Gasteiger partial charge in [-0.3, -0.25) is 9.59 Å². The summed E-state index contributed by atoms with van der Waals surface area (Å²) in [6, 6.07) is 16.1. The summed E-state index contributed by atoms with van der Waals surface area (Å²) in [5.41, 5.74) is 1.47. The predicted molar refractivity (Wildman–Crippen MR) is 103 cm³/mol. The number of carbonyl (C=O) groups excluding carboxylic acids is 1. The van der Waals surface area contributed by atoms with Crippen molar-refractivity contribution in [3.8, 4) is 0 Å². The number of nitrogens with one attached hydrogen (secondary N) is 2. The maximum atomic E-state index is 11.9. The Kier molecular flexibility index (Phi) is 4.75. The number of benzene rings is 2. The van der Waals surface area contributed by atoms with Crippen LogP contribution in [-0.4, -0.2) is 21.9 Å². The van der Waals surface area contributed by atoms with Gasteiger partial charge in [-0.15, -0.1) is 0 Å². The largest absolute Gasteiger partial charge is 0.353 e. The Balaban J connectivity index is 1.48. The molecule has 26 heavy (non-hydrogen) atoms. The van der Waals surface area contributed by atoms with Crippen molar-refractivity contribution in [3.05, 3.63) is 70.1 Å². The summed E-state index contributed by atoms with van der Waals surface area (Å²) < 4.78 is 0. The molecule has 132 valence electrons. The van der Waals surface area contributed by atoms with Gasteiger partial charge in [0.1, 0.15) is 0 Å². The van der Waals surface area contributed by atoms with Gasteiger partial charge in [0.15, 0.2) is 5.16 Å². The number of hydrogen-bond donors (Lipinski definition) is 2. The minimum atomic E-state index is -0.227. The molecule has 1 aromatic heterocycles. The van der Waals surface area contributed by atoms with Crippen molar-refractivity contribution >= 4 is 28.4 Å². The Bertz CT molecular complexity index is 1010. The van der Waals surface area contributed by atoms with E-state index >= 15 is 0 Å². The van der Waals surface area contributed by atoms with Crippen molar-refractivity contribution in [2.75, 3.05) is 0 Å². The molecule has 2 aromatic carbocycles. The molecule has 3 aromatic rings. The predicted octanol–water partition coefficient (Wildman–Crippen LogP) is 3.04. The van der Waals surface area contributed by atoms with Gasteiger partial charge < -0.3 is 10.3 Å². The lowest BCUT2D eigenvalue weighted by atomic mass is 10.1. The van der Waals surface area contributed by atoms with Gasteiger partial charge in [0, 0.05) is 17.9 Å². The summed E-state index contributed by atoms with van der Waals surface area (Å²) in [5, 5.41) is 5.85. The lowest BCUT2D eigenvalue weighted by Crippen LogP contribution is -2.28. The molecule has 4 rings (SSSR count). The number of H-pyrrole nitrogens is 1. The summed E-state index contributed by atoms with van der Waals surface area (Å²) in [6.07, 6.45) is 2.23. The van der Waals surface area contributed by atoms with Gasteiger partial charge in [0.05, 0.1) is 12.1 Å². The smallest absolute Gasteiger partial charge is 0.251 e. The molecule has 0 spiro atoms. The van der Waals surface area contributed by atoms with E-state index in [0.717, 1.165) is 12.8 Å². The summed E-state index contributed by atoms with van der Waals surface area (Å²) in [4.78, 5) is 31.1. The molecule has 1 amide bonds. The molecule has 1 aliphatic rings. The quantitative estimate of drug-likeness (QED) is 0.520. The fourth-order valence-electron chi connectivity index (χ4n) is 2.88. The fraction of sp³-hybridized carbons (Fsp3) is 0.250. The van der Waals surface area contributed by atoms with Crippen molar-refractivity contribution < 1.29 is 4.79 Å². The fourth-order valence-corrected chi connectivity index (χ4v) is 3.78. The van der Waals surface area contributed by atoms with Crippen LogP contribution in [0.25, 0.3) is 10.8 Å². The van der Waals surface area contributed by atoms with E-state index < -0.39 is 0 Å². The van der Waals surface area contributed by atoms with Crippen LogP contribution in [0.3, 0.4) is 0 Å². The van der Waals surface area contributed by atoms with Crippen LogP contribution >= 0.6 is 11.8 Å². The molecule has 0 atom stereocenters. The minimum Gasteiger partial charge on any atom is -0.353 e. The third kappa shape index (κ3) is 4.14. The molecule has 1 heterocycles. The van der Waals surface area contributed by atoms with Crippen LogP contribution in [0.2, 0.25) is 0 Å². The summed E-state index contributed by atoms with van der Waals surface area (Å²) in [6.45, 7) is 0. The van der Waals surface area contributed by atoms with E-state index in [1.54, 1.807) is 0 Å². The second kappa shape index (κ2) is 7.33. The van der Waals surface area contributed by atoms with Crippen LogP contribution in [0.5, 0.6) is 0 Å². The van der Waals surface area contributed by atoms with Gasteiger partial charge in [-0.2, -0.15) is 0 Å². The molecule has 0 saturated heterocycles. The molecule has 1 saturated carbocycles. The standard InChI is InChI=1S/C20H19N3O2S/c24-18(21-15-8-9-15)10-16-11-19(25)23-20(22-16)26-12-14-6-3-5-13-4-1-2-7-17(13)14/h1-7,11,15H,8-10,12H2,(H,21,24)(H,22,23,25). The van der Waals surface area contributed by atoms with Gasteiger partial charge in [-0.05, 0) is 29.2 Å². The summed E-state index contributed by atoms with van der Waals surface area (Å²) in [7, 11) is 0. The third-order valence-corrected chi connectivity index (χ3v) is 5.22. The highest BCUT2D eigenvalue weighted by molar-refractivity contribution is 7.98. The highest BCUT2D eigenvalue weighted by Crippen LogP contribution is 2.25. The van der Waals surface area contributed by atoms with E-state index in [4.69, 9.17) is 0 Å². The molecule has 0 aliphatic heterocycles. The highest BCUT2D eigenvalue weighted by atomic mass is 32.2. The molecule has 5 nitrogen and oxygen atoms in total. The van der Waals surface area contributed by atoms with Crippen molar-refractivity contribution in [2.24, 2.45) is 0 Å². The first-order chi connectivity index (χ1) is 12.7. The number of aromatic amines is 1. The van der Waals surface area contributed by atoms with Gasteiger partial charge in [0.25, 0.3) is 5.56 Å². The molecule has 0 unspecified atom stereocenters. The second-order valence-electron chi connectivity index (χ2n) is 6.49. The van der Waals surface area contributed by atoms with Crippen LogP contribution < -0.4 is 10.9 Å². The molecule has 0 radical (unpaired) electrons. The SMILES string of the molecule is O=C(Cc1cc(=O)[nH]c(SCc2cccc3ccccc23)n1)NC1CC1. The molecular weight excluding hydrogens is 346 g/mol. The van der Waals surface area contributed by atoms with E-state index in [2.05, 4.69) is 39.6 Å². The van der Waals surface area contributed by atoms with Crippen LogP contribution in [0.15, 0.2) is 58.5 Å². The van der Waals surface area contributed by atoms with Crippen molar-refractivity contribution in [2.45, 2.75) is 36.2 Å². The number of aromatic nitrogens is 2. The van der Waals surface area contributed by atoms with E-state index in [9.17, 15) is 9.59 Å². The van der Waals surface area contributed by atoms with Crippen LogP contribution in [-0.2, 0) is 17.0 Å². The topological polar surface area (TPSA) is 74.8 Å². The number of thioether (sulfide) groups is 1. The van der Waals surface area contributed by atoms with E-state index in [0.29, 0.717) is 22.6 Å². The minimum absolute atomic E-state index is 0.0735.